The first-order valence-corrected chi connectivity index (χ1v) is 4.69. The Hall–Kier alpha value is -0.547. The molecule has 2 rings (SSSR count). The van der Waals surface area contributed by atoms with Crippen molar-refractivity contribution in [2.45, 2.75) is 19.8 Å². The summed E-state index contributed by atoms with van der Waals surface area (Å²) in [5.41, 5.74) is 1.39. The van der Waals surface area contributed by atoms with Crippen LogP contribution in [-0.2, 0) is 19.5 Å². The molecule has 14 heavy (non-hydrogen) atoms. The second-order valence-electron chi connectivity index (χ2n) is 3.09. The summed E-state index contributed by atoms with van der Waals surface area (Å²) in [6.45, 7) is 4.00. The van der Waals surface area contributed by atoms with Crippen molar-refractivity contribution in [3.63, 3.8) is 0 Å². The zero-order chi connectivity index (χ0) is 9.52. The van der Waals surface area contributed by atoms with Crippen LogP contribution in [0, 0.1) is 6.42 Å². The second kappa shape index (κ2) is 7.82. The molecule has 0 saturated heterocycles. The van der Waals surface area contributed by atoms with Gasteiger partial charge in [0.05, 0.1) is 0 Å². The van der Waals surface area contributed by atoms with Crippen LogP contribution in [0.5, 0.6) is 0 Å². The summed E-state index contributed by atoms with van der Waals surface area (Å²) >= 11 is 0. The Morgan fingerprint density at radius 2 is 1.43 bits per heavy atom. The molecule has 0 unspecified atom stereocenters. The topological polar surface area (TPSA) is 0 Å². The molecular formula is C13H16Ru. The van der Waals surface area contributed by atoms with Crippen molar-refractivity contribution in [2.75, 3.05) is 0 Å². The van der Waals surface area contributed by atoms with E-state index in [0.29, 0.717) is 5.92 Å². The van der Waals surface area contributed by atoms with Crippen molar-refractivity contribution >= 4 is 0 Å². The van der Waals surface area contributed by atoms with Crippen LogP contribution < -0.4 is 0 Å². The van der Waals surface area contributed by atoms with Crippen LogP contribution in [0.25, 0.3) is 0 Å². The van der Waals surface area contributed by atoms with Crippen LogP contribution >= 0.6 is 0 Å². The number of hydrogen-bond acceptors (Lipinski definition) is 0. The van der Waals surface area contributed by atoms with Gasteiger partial charge in [0, 0.05) is 0 Å². The maximum absolute atomic E-state index is 2.20. The minimum absolute atomic E-state index is 0. The third-order valence-electron chi connectivity index (χ3n) is 1.82. The first-order chi connectivity index (χ1) is 6.38. The molecule has 0 radical (unpaired) electrons. The van der Waals surface area contributed by atoms with E-state index < -0.39 is 0 Å². The van der Waals surface area contributed by atoms with E-state index in [1.165, 1.54) is 5.56 Å². The Kier molecular flexibility index (Phi) is 7.51. The van der Waals surface area contributed by atoms with Gasteiger partial charge in [0.2, 0.25) is 0 Å². The molecule has 1 heteroatoms. The van der Waals surface area contributed by atoms with Crippen LogP contribution in [-0.4, -0.2) is 0 Å². The SMILES string of the molecule is C1=CC([c-]2cccc2)C=C1.C[CH-]C.[Ru+2]. The maximum Gasteiger partial charge on any atom is 2.00 e. The molecular weight excluding hydrogens is 257 g/mol. The van der Waals surface area contributed by atoms with E-state index >= 15 is 0 Å². The summed E-state index contributed by atoms with van der Waals surface area (Å²) in [7, 11) is 0. The fourth-order valence-electron chi connectivity index (χ4n) is 1.27. The van der Waals surface area contributed by atoms with Crippen molar-refractivity contribution < 1.29 is 19.5 Å². The second-order valence-corrected chi connectivity index (χ2v) is 3.09. The van der Waals surface area contributed by atoms with Crippen LogP contribution in [0.4, 0.5) is 0 Å². The third kappa shape index (κ3) is 4.11. The van der Waals surface area contributed by atoms with E-state index in [0.717, 1.165) is 0 Å². The Bertz CT molecular complexity index is 255. The molecule has 1 aliphatic rings. The molecule has 1 aromatic carbocycles. The molecule has 0 spiro atoms. The number of rotatable bonds is 1. The van der Waals surface area contributed by atoms with Crippen molar-refractivity contribution in [3.05, 3.63) is 60.6 Å². The van der Waals surface area contributed by atoms with Crippen molar-refractivity contribution in [1.82, 2.24) is 0 Å². The standard InChI is InChI=1S/C10H9.C3H7.Ru/c1-2-6-9(5-1)10-7-3-4-8-10;1-3-2;/h1-9H;3H,1-2H3;/q2*-1;+2. The predicted molar refractivity (Wildman–Crippen MR) is 58.7 cm³/mol. The molecule has 1 aliphatic carbocycles. The van der Waals surface area contributed by atoms with Gasteiger partial charge in [-0.2, -0.15) is 26.0 Å². The monoisotopic (exact) mass is 274 g/mol. The van der Waals surface area contributed by atoms with Gasteiger partial charge in [-0.1, -0.05) is 24.3 Å². The van der Waals surface area contributed by atoms with Gasteiger partial charge in [-0.3, -0.25) is 0 Å². The molecule has 1 aromatic rings. The van der Waals surface area contributed by atoms with E-state index in [-0.39, 0.29) is 19.5 Å². The summed E-state index contributed by atoms with van der Waals surface area (Å²) in [4.78, 5) is 0. The molecule has 0 nitrogen and oxygen atoms in total. The van der Waals surface area contributed by atoms with Gasteiger partial charge in [0.25, 0.3) is 0 Å². The average Bonchev–Trinajstić information content (AvgIpc) is 2.78. The minimum Gasteiger partial charge on any atom is -0.335 e. The fraction of sp³-hybridized carbons (Fsp3) is 0.231. The summed E-state index contributed by atoms with van der Waals surface area (Å²) in [5, 5.41) is 0. The molecule has 0 N–H and O–H groups in total. The summed E-state index contributed by atoms with van der Waals surface area (Å²) < 4.78 is 0. The largest absolute Gasteiger partial charge is 2.00 e. The van der Waals surface area contributed by atoms with Gasteiger partial charge in [-0.15, -0.1) is 5.56 Å². The number of allylic oxidation sites excluding steroid dienone is 4. The first-order valence-electron chi connectivity index (χ1n) is 4.69. The first kappa shape index (κ1) is 13.5. The smallest absolute Gasteiger partial charge is 0.335 e. The normalized spacial score (nSPS) is 13.3. The molecule has 0 atom stereocenters. The Morgan fingerprint density at radius 1 is 1.00 bits per heavy atom. The predicted octanol–water partition coefficient (Wildman–Crippen LogP) is 3.84. The average molecular weight is 273 g/mol. The van der Waals surface area contributed by atoms with E-state index in [4.69, 9.17) is 0 Å². The minimum atomic E-state index is 0. The quantitative estimate of drug-likeness (QED) is 0.538. The van der Waals surface area contributed by atoms with Crippen LogP contribution in [0.1, 0.15) is 25.3 Å². The van der Waals surface area contributed by atoms with Crippen molar-refractivity contribution in [2.24, 2.45) is 0 Å². The molecule has 0 saturated carbocycles. The van der Waals surface area contributed by atoms with Gasteiger partial charge in [0.15, 0.2) is 0 Å². The van der Waals surface area contributed by atoms with E-state index in [1.807, 2.05) is 20.3 Å². The Morgan fingerprint density at radius 3 is 1.86 bits per heavy atom. The van der Waals surface area contributed by atoms with Crippen molar-refractivity contribution in [1.29, 1.82) is 0 Å². The summed E-state index contributed by atoms with van der Waals surface area (Å²) in [5.74, 6) is 0.537. The molecule has 0 amide bonds. The van der Waals surface area contributed by atoms with Gasteiger partial charge in [-0.05, 0) is 5.92 Å². The van der Waals surface area contributed by atoms with E-state index in [1.54, 1.807) is 0 Å². The molecule has 0 aliphatic heterocycles. The Labute approximate surface area is 99.8 Å². The van der Waals surface area contributed by atoms with Gasteiger partial charge >= 0.3 is 19.5 Å². The van der Waals surface area contributed by atoms with Crippen LogP contribution in [0.2, 0.25) is 0 Å². The molecule has 0 fully saturated rings. The van der Waals surface area contributed by atoms with E-state index in [9.17, 15) is 0 Å². The maximum atomic E-state index is 2.20. The third-order valence-corrected chi connectivity index (χ3v) is 1.82. The molecule has 76 valence electrons. The molecule has 0 aromatic heterocycles. The summed E-state index contributed by atoms with van der Waals surface area (Å²) in [6.07, 6.45) is 10.6. The fourth-order valence-corrected chi connectivity index (χ4v) is 1.27. The van der Waals surface area contributed by atoms with Gasteiger partial charge < -0.3 is 6.42 Å². The van der Waals surface area contributed by atoms with Gasteiger partial charge in [0.1, 0.15) is 0 Å². The molecule has 0 bridgehead atoms. The van der Waals surface area contributed by atoms with Crippen LogP contribution in [0.15, 0.2) is 48.6 Å². The van der Waals surface area contributed by atoms with Gasteiger partial charge in [-0.25, -0.2) is 12.1 Å². The molecule has 0 heterocycles. The zero-order valence-electron chi connectivity index (χ0n) is 8.63. The number of hydrogen-bond donors (Lipinski definition) is 0. The Balaban J connectivity index is 0.000000381. The van der Waals surface area contributed by atoms with Crippen LogP contribution in [0.3, 0.4) is 0 Å². The van der Waals surface area contributed by atoms with E-state index in [2.05, 4.69) is 48.6 Å². The van der Waals surface area contributed by atoms with Crippen molar-refractivity contribution in [3.8, 4) is 0 Å². The zero-order valence-corrected chi connectivity index (χ0v) is 10.4. The summed E-state index contributed by atoms with van der Waals surface area (Å²) in [6, 6.07) is 8.47.